The zero-order valence-electron chi connectivity index (χ0n) is 16.5. The van der Waals surface area contributed by atoms with Gasteiger partial charge in [0.1, 0.15) is 17.8 Å². The average molecular weight is 387 g/mol. The lowest BCUT2D eigenvalue weighted by molar-refractivity contribution is -0.115. The van der Waals surface area contributed by atoms with Crippen molar-refractivity contribution in [3.63, 3.8) is 0 Å². The number of aromatic nitrogens is 4. The predicted octanol–water partition coefficient (Wildman–Crippen LogP) is 4.05. The van der Waals surface area contributed by atoms with Crippen molar-refractivity contribution >= 4 is 22.5 Å². The van der Waals surface area contributed by atoms with E-state index in [1.807, 2.05) is 55.7 Å². The lowest BCUT2D eigenvalue weighted by Crippen LogP contribution is -2.10. The Bertz CT molecular complexity index is 1180. The SMILES string of the molecule is CCC(=O)Nc1cc2c(-c3cn(C)nc3-c3ccccc3)ncnc2cc1OC. The Hall–Kier alpha value is -3.74. The third kappa shape index (κ3) is 3.54. The quantitative estimate of drug-likeness (QED) is 0.559. The van der Waals surface area contributed by atoms with Crippen LogP contribution in [0.1, 0.15) is 13.3 Å². The number of methoxy groups -OCH3 is 1. The molecule has 0 aliphatic heterocycles. The fourth-order valence-corrected chi connectivity index (χ4v) is 3.27. The minimum Gasteiger partial charge on any atom is -0.494 e. The zero-order valence-corrected chi connectivity index (χ0v) is 16.5. The van der Waals surface area contributed by atoms with Crippen molar-refractivity contribution in [1.82, 2.24) is 19.7 Å². The Morgan fingerprint density at radius 2 is 1.93 bits per heavy atom. The summed E-state index contributed by atoms with van der Waals surface area (Å²) < 4.78 is 7.22. The molecule has 0 saturated heterocycles. The monoisotopic (exact) mass is 387 g/mol. The summed E-state index contributed by atoms with van der Waals surface area (Å²) >= 11 is 0. The van der Waals surface area contributed by atoms with Gasteiger partial charge in [0.05, 0.1) is 24.0 Å². The number of amides is 1. The third-order valence-electron chi connectivity index (χ3n) is 4.68. The van der Waals surface area contributed by atoms with Gasteiger partial charge in [-0.1, -0.05) is 37.3 Å². The first kappa shape index (κ1) is 18.6. The lowest BCUT2D eigenvalue weighted by atomic mass is 10.0. The molecule has 0 fully saturated rings. The van der Waals surface area contributed by atoms with Crippen LogP contribution in [0.15, 0.2) is 55.0 Å². The van der Waals surface area contributed by atoms with Crippen molar-refractivity contribution < 1.29 is 9.53 Å². The van der Waals surface area contributed by atoms with E-state index >= 15 is 0 Å². The molecular weight excluding hydrogens is 366 g/mol. The largest absolute Gasteiger partial charge is 0.494 e. The van der Waals surface area contributed by atoms with Crippen molar-refractivity contribution in [3.05, 3.63) is 55.0 Å². The Morgan fingerprint density at radius 3 is 2.66 bits per heavy atom. The van der Waals surface area contributed by atoms with E-state index in [1.165, 1.54) is 6.33 Å². The lowest BCUT2D eigenvalue weighted by Gasteiger charge is -2.13. The van der Waals surface area contributed by atoms with Gasteiger partial charge >= 0.3 is 0 Å². The summed E-state index contributed by atoms with van der Waals surface area (Å²) in [6, 6.07) is 13.6. The summed E-state index contributed by atoms with van der Waals surface area (Å²) in [5.41, 5.74) is 4.80. The maximum Gasteiger partial charge on any atom is 0.224 e. The highest BCUT2D eigenvalue weighted by Gasteiger charge is 2.18. The number of hydrogen-bond donors (Lipinski definition) is 1. The number of rotatable bonds is 5. The molecule has 0 radical (unpaired) electrons. The molecule has 7 nitrogen and oxygen atoms in total. The third-order valence-corrected chi connectivity index (χ3v) is 4.68. The Balaban J connectivity index is 1.94. The molecule has 0 aliphatic carbocycles. The van der Waals surface area contributed by atoms with Crippen LogP contribution in [0.25, 0.3) is 33.4 Å². The molecule has 146 valence electrons. The molecule has 4 aromatic rings. The van der Waals surface area contributed by atoms with Crippen molar-refractivity contribution in [3.8, 4) is 28.3 Å². The van der Waals surface area contributed by atoms with Crippen LogP contribution in [0, 0.1) is 0 Å². The molecule has 0 unspecified atom stereocenters. The number of hydrogen-bond acceptors (Lipinski definition) is 5. The molecule has 0 atom stereocenters. The van der Waals surface area contributed by atoms with Crippen LogP contribution in [0.2, 0.25) is 0 Å². The van der Waals surface area contributed by atoms with Gasteiger partial charge < -0.3 is 10.1 Å². The molecule has 1 N–H and O–H groups in total. The smallest absolute Gasteiger partial charge is 0.224 e. The average Bonchev–Trinajstić information content (AvgIpc) is 3.14. The fraction of sp³-hybridized carbons (Fsp3) is 0.182. The number of carbonyl (C=O) groups excluding carboxylic acids is 1. The summed E-state index contributed by atoms with van der Waals surface area (Å²) in [6.07, 6.45) is 3.85. The number of benzene rings is 2. The van der Waals surface area contributed by atoms with E-state index in [4.69, 9.17) is 4.74 Å². The van der Waals surface area contributed by atoms with E-state index < -0.39 is 0 Å². The fourth-order valence-electron chi connectivity index (χ4n) is 3.27. The van der Waals surface area contributed by atoms with E-state index in [1.54, 1.807) is 18.7 Å². The molecule has 2 aromatic heterocycles. The normalized spacial score (nSPS) is 10.9. The van der Waals surface area contributed by atoms with Gasteiger partial charge in [0.2, 0.25) is 5.91 Å². The number of anilines is 1. The van der Waals surface area contributed by atoms with Crippen LogP contribution in [0.3, 0.4) is 0 Å². The molecule has 2 aromatic carbocycles. The Morgan fingerprint density at radius 1 is 1.14 bits per heavy atom. The number of ether oxygens (including phenoxy) is 1. The summed E-state index contributed by atoms with van der Waals surface area (Å²) in [7, 11) is 3.45. The number of carbonyl (C=O) groups is 1. The van der Waals surface area contributed by atoms with Crippen molar-refractivity contribution in [1.29, 1.82) is 0 Å². The number of fused-ring (bicyclic) bond motifs is 1. The van der Waals surface area contributed by atoms with Gasteiger partial charge in [-0.15, -0.1) is 0 Å². The minimum atomic E-state index is -0.0904. The molecule has 0 spiro atoms. The number of nitrogens with zero attached hydrogens (tertiary/aromatic N) is 4. The van der Waals surface area contributed by atoms with E-state index in [2.05, 4.69) is 20.4 Å². The second-order valence-electron chi connectivity index (χ2n) is 6.62. The van der Waals surface area contributed by atoms with Gasteiger partial charge in [-0.05, 0) is 6.07 Å². The van der Waals surface area contributed by atoms with Crippen molar-refractivity contribution in [2.75, 3.05) is 12.4 Å². The molecule has 7 heteroatoms. The molecule has 29 heavy (non-hydrogen) atoms. The molecule has 2 heterocycles. The molecule has 0 bridgehead atoms. The molecule has 0 saturated carbocycles. The van der Waals surface area contributed by atoms with E-state index in [0.717, 1.165) is 33.4 Å². The van der Waals surface area contributed by atoms with Crippen molar-refractivity contribution in [2.45, 2.75) is 13.3 Å². The first-order valence-corrected chi connectivity index (χ1v) is 9.32. The first-order valence-electron chi connectivity index (χ1n) is 9.32. The molecule has 0 aliphatic rings. The van der Waals surface area contributed by atoms with E-state index in [0.29, 0.717) is 17.9 Å². The van der Waals surface area contributed by atoms with Crippen molar-refractivity contribution in [2.24, 2.45) is 7.05 Å². The van der Waals surface area contributed by atoms with Gasteiger partial charge in [-0.3, -0.25) is 9.48 Å². The minimum absolute atomic E-state index is 0.0904. The van der Waals surface area contributed by atoms with Crippen LogP contribution in [-0.2, 0) is 11.8 Å². The van der Waals surface area contributed by atoms with Gasteiger partial charge in [0, 0.05) is 42.2 Å². The second kappa shape index (κ2) is 7.71. The summed E-state index contributed by atoms with van der Waals surface area (Å²) in [5, 5.41) is 8.35. The van der Waals surface area contributed by atoms with Crippen LogP contribution in [-0.4, -0.2) is 32.8 Å². The van der Waals surface area contributed by atoms with Crippen LogP contribution in [0.5, 0.6) is 5.75 Å². The highest BCUT2D eigenvalue weighted by atomic mass is 16.5. The first-order chi connectivity index (χ1) is 14.1. The van der Waals surface area contributed by atoms with Gasteiger partial charge in [-0.2, -0.15) is 5.10 Å². The predicted molar refractivity (Wildman–Crippen MR) is 113 cm³/mol. The van der Waals surface area contributed by atoms with E-state index in [-0.39, 0.29) is 5.91 Å². The molecule has 4 rings (SSSR count). The van der Waals surface area contributed by atoms with E-state index in [9.17, 15) is 4.79 Å². The Kier molecular flexibility index (Phi) is 4.95. The highest BCUT2D eigenvalue weighted by molar-refractivity contribution is 6.01. The van der Waals surface area contributed by atoms with Crippen LogP contribution >= 0.6 is 0 Å². The van der Waals surface area contributed by atoms with Gasteiger partial charge in [-0.25, -0.2) is 9.97 Å². The Labute approximate surface area is 168 Å². The molecular formula is C22H21N5O2. The van der Waals surface area contributed by atoms with Gasteiger partial charge in [0.25, 0.3) is 0 Å². The summed E-state index contributed by atoms with van der Waals surface area (Å²) in [6.45, 7) is 1.80. The maximum absolute atomic E-state index is 12.0. The summed E-state index contributed by atoms with van der Waals surface area (Å²) in [5.74, 6) is 0.464. The maximum atomic E-state index is 12.0. The molecule has 1 amide bonds. The van der Waals surface area contributed by atoms with Gasteiger partial charge in [0.15, 0.2) is 0 Å². The highest BCUT2D eigenvalue weighted by Crippen LogP contribution is 2.37. The zero-order chi connectivity index (χ0) is 20.4. The van der Waals surface area contributed by atoms with Crippen LogP contribution < -0.4 is 10.1 Å². The summed E-state index contributed by atoms with van der Waals surface area (Å²) in [4.78, 5) is 20.9. The topological polar surface area (TPSA) is 81.9 Å². The standard InChI is InChI=1S/C22H21N5O2/c1-4-20(28)25-18-10-15-17(11-19(18)29-3)23-13-24-22(15)16-12-27(2)26-21(16)14-8-6-5-7-9-14/h5-13H,4H2,1-3H3,(H,25,28). The number of aryl methyl sites for hydroxylation is 1. The number of nitrogens with one attached hydrogen (secondary N) is 1. The van der Waals surface area contributed by atoms with Crippen LogP contribution in [0.4, 0.5) is 5.69 Å². The second-order valence-corrected chi connectivity index (χ2v) is 6.62.